The van der Waals surface area contributed by atoms with Crippen LogP contribution in [0.2, 0.25) is 0 Å². The van der Waals surface area contributed by atoms with Crippen LogP contribution in [0.1, 0.15) is 0 Å². The highest BCUT2D eigenvalue weighted by atomic mass is 16.3. The zero-order valence-electron chi connectivity index (χ0n) is 19.8. The first-order valence-corrected chi connectivity index (χ1v) is 12.4. The summed E-state index contributed by atoms with van der Waals surface area (Å²) < 4.78 is 6.17. The summed E-state index contributed by atoms with van der Waals surface area (Å²) in [6, 6.07) is 42.0. The lowest BCUT2D eigenvalue weighted by molar-refractivity contribution is 0.669. The summed E-state index contributed by atoms with van der Waals surface area (Å²) in [5.74, 6) is 0. The first-order chi connectivity index (χ1) is 18.3. The monoisotopic (exact) mass is 472 g/mol. The lowest BCUT2D eigenvalue weighted by Gasteiger charge is -2.13. The van der Waals surface area contributed by atoms with Gasteiger partial charge in [-0.1, -0.05) is 91.0 Å². The molecule has 0 saturated carbocycles. The summed E-state index contributed by atoms with van der Waals surface area (Å²) in [5.41, 5.74) is 7.45. The van der Waals surface area contributed by atoms with Crippen molar-refractivity contribution >= 4 is 54.5 Å². The highest BCUT2D eigenvalue weighted by Crippen LogP contribution is 2.37. The van der Waals surface area contributed by atoms with Crippen molar-refractivity contribution in [3.05, 3.63) is 121 Å². The van der Waals surface area contributed by atoms with Gasteiger partial charge in [0.05, 0.1) is 22.4 Å². The van der Waals surface area contributed by atoms with Crippen molar-refractivity contribution in [3.8, 4) is 22.5 Å². The minimum absolute atomic E-state index is 0.876. The summed E-state index contributed by atoms with van der Waals surface area (Å²) in [5, 5.41) is 6.84. The van der Waals surface area contributed by atoms with Gasteiger partial charge in [-0.05, 0) is 46.5 Å². The molecule has 0 aliphatic rings. The Kier molecular flexibility index (Phi) is 4.23. The van der Waals surface area contributed by atoms with Crippen molar-refractivity contribution in [2.24, 2.45) is 0 Å². The van der Waals surface area contributed by atoms with Crippen LogP contribution >= 0.6 is 0 Å². The molecule has 3 nitrogen and oxygen atoms in total. The van der Waals surface area contributed by atoms with E-state index in [2.05, 4.69) is 91.0 Å². The molecule has 3 heteroatoms. The summed E-state index contributed by atoms with van der Waals surface area (Å²) in [4.78, 5) is 10.4. The Balaban J connectivity index is 1.40. The van der Waals surface area contributed by atoms with Crippen molar-refractivity contribution in [2.75, 3.05) is 0 Å². The molecule has 2 aromatic heterocycles. The average Bonchev–Trinajstić information content (AvgIpc) is 3.32. The van der Waals surface area contributed by atoms with Crippen molar-refractivity contribution in [1.29, 1.82) is 0 Å². The molecule has 0 bridgehead atoms. The van der Waals surface area contributed by atoms with E-state index in [1.54, 1.807) is 0 Å². The molecule has 0 radical (unpaired) electrons. The van der Waals surface area contributed by atoms with Gasteiger partial charge in [0, 0.05) is 27.3 Å². The van der Waals surface area contributed by atoms with Gasteiger partial charge in [-0.2, -0.15) is 0 Å². The number of aromatic nitrogens is 2. The molecule has 8 rings (SSSR count). The lowest BCUT2D eigenvalue weighted by Crippen LogP contribution is -1.96. The van der Waals surface area contributed by atoms with Crippen LogP contribution in [0.4, 0.5) is 0 Å². The fraction of sp³-hybridized carbons (Fsp3) is 0. The number of benzene rings is 6. The molecule has 0 amide bonds. The molecule has 37 heavy (non-hydrogen) atoms. The van der Waals surface area contributed by atoms with Gasteiger partial charge in [-0.3, -0.25) is 0 Å². The minimum Gasteiger partial charge on any atom is -0.456 e. The average molecular weight is 473 g/mol. The molecular formula is C34H20N2O. The Morgan fingerprint density at radius 1 is 0.432 bits per heavy atom. The van der Waals surface area contributed by atoms with E-state index in [4.69, 9.17) is 14.4 Å². The summed E-state index contributed by atoms with van der Waals surface area (Å²) in [7, 11) is 0. The highest BCUT2D eigenvalue weighted by molar-refractivity contribution is 6.11. The number of hydrogen-bond acceptors (Lipinski definition) is 3. The predicted molar refractivity (Wildman–Crippen MR) is 153 cm³/mol. The third-order valence-corrected chi connectivity index (χ3v) is 7.22. The molecule has 2 heterocycles. The maximum atomic E-state index is 6.17. The Bertz CT molecular complexity index is 2140. The predicted octanol–water partition coefficient (Wildman–Crippen LogP) is 9.17. The van der Waals surface area contributed by atoms with Gasteiger partial charge in [0.25, 0.3) is 0 Å². The third-order valence-electron chi connectivity index (χ3n) is 7.22. The second kappa shape index (κ2) is 7.74. The maximum absolute atomic E-state index is 6.17. The molecule has 0 N–H and O–H groups in total. The topological polar surface area (TPSA) is 38.9 Å². The second-order valence-corrected chi connectivity index (χ2v) is 9.45. The zero-order valence-corrected chi connectivity index (χ0v) is 19.8. The summed E-state index contributed by atoms with van der Waals surface area (Å²) >= 11 is 0. The van der Waals surface area contributed by atoms with Gasteiger partial charge in [-0.25, -0.2) is 9.97 Å². The van der Waals surface area contributed by atoms with Crippen LogP contribution < -0.4 is 0 Å². The molecular weight excluding hydrogens is 452 g/mol. The zero-order chi connectivity index (χ0) is 24.3. The van der Waals surface area contributed by atoms with Gasteiger partial charge in [-0.15, -0.1) is 0 Å². The van der Waals surface area contributed by atoms with Gasteiger partial charge in [0.1, 0.15) is 11.2 Å². The SMILES string of the molecule is c1ccc(-c2nc3c(ccc4ccccc43)nc2-c2ccc3cc4c(cc3c2)oc2ccccc24)cc1. The van der Waals surface area contributed by atoms with Gasteiger partial charge in [0.2, 0.25) is 0 Å². The summed E-state index contributed by atoms with van der Waals surface area (Å²) in [6.07, 6.45) is 0. The number of hydrogen-bond donors (Lipinski definition) is 0. The molecule has 0 aliphatic heterocycles. The molecule has 0 spiro atoms. The number of para-hydroxylation sites is 1. The van der Waals surface area contributed by atoms with Gasteiger partial charge in [0.15, 0.2) is 0 Å². The first-order valence-electron chi connectivity index (χ1n) is 12.4. The quantitative estimate of drug-likeness (QED) is 0.235. The fourth-order valence-corrected chi connectivity index (χ4v) is 5.40. The van der Waals surface area contributed by atoms with Crippen LogP contribution in [-0.2, 0) is 0 Å². The van der Waals surface area contributed by atoms with Crippen LogP contribution in [-0.4, -0.2) is 9.97 Å². The third kappa shape index (κ3) is 3.14. The van der Waals surface area contributed by atoms with E-state index >= 15 is 0 Å². The van der Waals surface area contributed by atoms with E-state index in [1.165, 1.54) is 5.39 Å². The second-order valence-electron chi connectivity index (χ2n) is 9.45. The molecule has 8 aromatic rings. The van der Waals surface area contributed by atoms with E-state index in [0.717, 1.165) is 71.6 Å². The van der Waals surface area contributed by atoms with Gasteiger partial charge < -0.3 is 4.42 Å². The molecule has 0 fully saturated rings. The largest absolute Gasteiger partial charge is 0.456 e. The number of rotatable bonds is 2. The highest BCUT2D eigenvalue weighted by Gasteiger charge is 2.16. The Morgan fingerprint density at radius 3 is 2.11 bits per heavy atom. The maximum Gasteiger partial charge on any atom is 0.136 e. The van der Waals surface area contributed by atoms with E-state index in [1.807, 2.05) is 30.3 Å². The van der Waals surface area contributed by atoms with Crippen LogP contribution in [0.5, 0.6) is 0 Å². The Hall–Kier alpha value is -5.02. The molecule has 0 aliphatic carbocycles. The van der Waals surface area contributed by atoms with E-state index in [0.29, 0.717) is 0 Å². The van der Waals surface area contributed by atoms with Crippen LogP contribution in [0, 0.1) is 0 Å². The molecule has 6 aromatic carbocycles. The van der Waals surface area contributed by atoms with Crippen molar-refractivity contribution in [3.63, 3.8) is 0 Å². The van der Waals surface area contributed by atoms with Crippen LogP contribution in [0.15, 0.2) is 126 Å². The fourth-order valence-electron chi connectivity index (χ4n) is 5.40. The molecule has 0 unspecified atom stereocenters. The molecule has 0 saturated heterocycles. The van der Waals surface area contributed by atoms with E-state index in [9.17, 15) is 0 Å². The standard InChI is InChI=1S/C34H20N2O/c1-2-9-22(10-3-1)32-33(35-29-17-16-21-8-4-5-11-26(21)34(29)36-32)24-15-14-23-19-28-27-12-6-7-13-30(27)37-31(28)20-25(23)18-24/h1-20H. The molecule has 172 valence electrons. The number of nitrogens with zero attached hydrogens (tertiary/aromatic N) is 2. The Morgan fingerprint density at radius 2 is 1.19 bits per heavy atom. The van der Waals surface area contributed by atoms with E-state index in [-0.39, 0.29) is 0 Å². The minimum atomic E-state index is 0.876. The smallest absolute Gasteiger partial charge is 0.136 e. The van der Waals surface area contributed by atoms with Crippen molar-refractivity contribution < 1.29 is 4.42 Å². The Labute approximate surface area is 212 Å². The number of furan rings is 1. The van der Waals surface area contributed by atoms with Crippen LogP contribution in [0.25, 0.3) is 77.0 Å². The first kappa shape index (κ1) is 20.2. The van der Waals surface area contributed by atoms with Crippen molar-refractivity contribution in [2.45, 2.75) is 0 Å². The lowest BCUT2D eigenvalue weighted by atomic mass is 9.99. The number of fused-ring (bicyclic) bond motifs is 7. The van der Waals surface area contributed by atoms with E-state index < -0.39 is 0 Å². The van der Waals surface area contributed by atoms with Gasteiger partial charge >= 0.3 is 0 Å². The van der Waals surface area contributed by atoms with Crippen LogP contribution in [0.3, 0.4) is 0 Å². The normalized spacial score (nSPS) is 11.8. The summed E-state index contributed by atoms with van der Waals surface area (Å²) in [6.45, 7) is 0. The van der Waals surface area contributed by atoms with Crippen molar-refractivity contribution in [1.82, 2.24) is 9.97 Å². The molecule has 0 atom stereocenters.